The van der Waals surface area contributed by atoms with Gasteiger partial charge in [-0.1, -0.05) is 18.0 Å². The van der Waals surface area contributed by atoms with Crippen LogP contribution in [0.2, 0.25) is 0 Å². The lowest BCUT2D eigenvalue weighted by atomic mass is 9.86. The Hall–Kier alpha value is -0.940. The zero-order valence-corrected chi connectivity index (χ0v) is 10.9. The molecule has 0 aromatic carbocycles. The van der Waals surface area contributed by atoms with Crippen LogP contribution in [0.1, 0.15) is 57.2 Å². The predicted octanol–water partition coefficient (Wildman–Crippen LogP) is 1.87. The fraction of sp³-hybridized carbons (Fsp3) is 0.846. The summed E-state index contributed by atoms with van der Waals surface area (Å²) >= 11 is 0. The maximum Gasteiger partial charge on any atom is 0.234 e. The fourth-order valence-electron chi connectivity index (χ4n) is 3.17. The Balaban J connectivity index is 1.89. The average molecular weight is 251 g/mol. The molecule has 2 fully saturated rings. The lowest BCUT2D eigenvalue weighted by molar-refractivity contribution is 0.00768. The third kappa shape index (κ3) is 1.77. The highest BCUT2D eigenvalue weighted by molar-refractivity contribution is 5.11. The Bertz CT molecular complexity index is 418. The molecular weight excluding hydrogens is 230 g/mol. The van der Waals surface area contributed by atoms with Crippen molar-refractivity contribution in [2.45, 2.75) is 56.5 Å². The zero-order chi connectivity index (χ0) is 12.6. The van der Waals surface area contributed by atoms with Crippen LogP contribution in [0.15, 0.2) is 4.52 Å². The van der Waals surface area contributed by atoms with Gasteiger partial charge in [-0.25, -0.2) is 0 Å². The second-order valence-electron chi connectivity index (χ2n) is 5.80. The summed E-state index contributed by atoms with van der Waals surface area (Å²) in [7, 11) is 0. The highest BCUT2D eigenvalue weighted by atomic mass is 16.5. The van der Waals surface area contributed by atoms with Gasteiger partial charge >= 0.3 is 0 Å². The molecule has 1 aliphatic carbocycles. The Morgan fingerprint density at radius 2 is 2.00 bits per heavy atom. The molecule has 1 saturated heterocycles. The first-order valence-corrected chi connectivity index (χ1v) is 6.87. The monoisotopic (exact) mass is 251 g/mol. The van der Waals surface area contributed by atoms with Gasteiger partial charge in [-0.3, -0.25) is 0 Å². The van der Waals surface area contributed by atoms with E-state index in [1.165, 1.54) is 12.8 Å². The van der Waals surface area contributed by atoms with Crippen LogP contribution >= 0.6 is 0 Å². The van der Waals surface area contributed by atoms with E-state index in [-0.39, 0.29) is 11.0 Å². The van der Waals surface area contributed by atoms with Gasteiger partial charge in [0.05, 0.1) is 5.41 Å². The van der Waals surface area contributed by atoms with E-state index in [2.05, 4.69) is 10.1 Å². The van der Waals surface area contributed by atoms with Crippen LogP contribution in [-0.4, -0.2) is 23.3 Å². The van der Waals surface area contributed by atoms with Gasteiger partial charge in [0.2, 0.25) is 11.7 Å². The van der Waals surface area contributed by atoms with E-state index < -0.39 is 0 Å². The Kier molecular flexibility index (Phi) is 2.90. The summed E-state index contributed by atoms with van der Waals surface area (Å²) in [5, 5.41) is 4.14. The fourth-order valence-corrected chi connectivity index (χ4v) is 3.17. The summed E-state index contributed by atoms with van der Waals surface area (Å²) in [6.07, 6.45) is 6.53. The molecule has 0 amide bonds. The van der Waals surface area contributed by atoms with E-state index in [1.807, 2.05) is 6.92 Å². The number of rotatable bonds is 3. The van der Waals surface area contributed by atoms with E-state index in [9.17, 15) is 0 Å². The van der Waals surface area contributed by atoms with Gasteiger partial charge in [-0.05, 0) is 32.6 Å². The topological polar surface area (TPSA) is 74.2 Å². The molecule has 100 valence electrons. The van der Waals surface area contributed by atoms with Crippen LogP contribution in [0.3, 0.4) is 0 Å². The summed E-state index contributed by atoms with van der Waals surface area (Å²) in [6, 6.07) is 0. The molecule has 0 spiro atoms. The first-order chi connectivity index (χ1) is 8.69. The van der Waals surface area contributed by atoms with E-state index >= 15 is 0 Å². The van der Waals surface area contributed by atoms with Gasteiger partial charge in [0.25, 0.3) is 0 Å². The van der Waals surface area contributed by atoms with Crippen molar-refractivity contribution in [2.24, 2.45) is 5.73 Å². The van der Waals surface area contributed by atoms with Gasteiger partial charge in [0.1, 0.15) is 5.60 Å². The van der Waals surface area contributed by atoms with E-state index in [4.69, 9.17) is 15.0 Å². The molecule has 0 bridgehead atoms. The van der Waals surface area contributed by atoms with Crippen LogP contribution in [0, 0.1) is 0 Å². The van der Waals surface area contributed by atoms with E-state index in [1.54, 1.807) is 0 Å². The average Bonchev–Trinajstić information content (AvgIpc) is 3.09. The smallest absolute Gasteiger partial charge is 0.234 e. The number of nitrogens with zero attached hydrogens (tertiary/aromatic N) is 2. The zero-order valence-electron chi connectivity index (χ0n) is 10.9. The van der Waals surface area contributed by atoms with Crippen molar-refractivity contribution in [3.05, 3.63) is 11.7 Å². The lowest BCUT2D eigenvalue weighted by Gasteiger charge is -2.22. The summed E-state index contributed by atoms with van der Waals surface area (Å²) in [5.74, 6) is 1.41. The van der Waals surface area contributed by atoms with Crippen molar-refractivity contribution < 1.29 is 9.26 Å². The van der Waals surface area contributed by atoms with Crippen LogP contribution in [-0.2, 0) is 15.8 Å². The first kappa shape index (κ1) is 12.1. The second kappa shape index (κ2) is 4.31. The summed E-state index contributed by atoms with van der Waals surface area (Å²) in [4.78, 5) is 4.61. The summed E-state index contributed by atoms with van der Waals surface area (Å²) in [6.45, 7) is 3.41. The van der Waals surface area contributed by atoms with Crippen LogP contribution in [0.5, 0.6) is 0 Å². The van der Waals surface area contributed by atoms with Crippen LogP contribution in [0.4, 0.5) is 0 Å². The van der Waals surface area contributed by atoms with Crippen molar-refractivity contribution in [3.8, 4) is 0 Å². The number of hydrogen-bond acceptors (Lipinski definition) is 5. The van der Waals surface area contributed by atoms with Crippen molar-refractivity contribution in [2.75, 3.05) is 13.2 Å². The molecule has 2 heterocycles. The number of ether oxygens (including phenoxy) is 1. The number of aromatic nitrogens is 2. The Morgan fingerprint density at radius 3 is 2.61 bits per heavy atom. The normalized spacial score (nSPS) is 31.0. The standard InChI is InChI=1S/C13H21N3O2/c1-12(5-4-8-17-12)10-15-11(18-16-10)13(9-14)6-2-3-7-13/h2-9,14H2,1H3. The van der Waals surface area contributed by atoms with Crippen molar-refractivity contribution in [3.63, 3.8) is 0 Å². The van der Waals surface area contributed by atoms with Gasteiger partial charge in [0.15, 0.2) is 0 Å². The molecule has 1 aromatic rings. The number of nitrogens with two attached hydrogens (primary N) is 1. The highest BCUT2D eigenvalue weighted by Crippen LogP contribution is 2.41. The molecule has 2 N–H and O–H groups in total. The van der Waals surface area contributed by atoms with Gasteiger partial charge in [-0.2, -0.15) is 4.98 Å². The van der Waals surface area contributed by atoms with Crippen LogP contribution in [0.25, 0.3) is 0 Å². The molecule has 1 atom stereocenters. The maximum atomic E-state index is 5.94. The van der Waals surface area contributed by atoms with Crippen molar-refractivity contribution >= 4 is 0 Å². The van der Waals surface area contributed by atoms with E-state index in [0.717, 1.165) is 32.3 Å². The quantitative estimate of drug-likeness (QED) is 0.887. The van der Waals surface area contributed by atoms with Crippen molar-refractivity contribution in [1.29, 1.82) is 0 Å². The molecular formula is C13H21N3O2. The minimum atomic E-state index is -0.365. The number of hydrogen-bond donors (Lipinski definition) is 1. The van der Waals surface area contributed by atoms with Crippen molar-refractivity contribution in [1.82, 2.24) is 10.1 Å². The summed E-state index contributed by atoms with van der Waals surface area (Å²) < 4.78 is 11.3. The molecule has 5 heteroatoms. The Labute approximate surface area is 107 Å². The maximum absolute atomic E-state index is 5.94. The summed E-state index contributed by atoms with van der Waals surface area (Å²) in [5.41, 5.74) is 5.49. The largest absolute Gasteiger partial charge is 0.367 e. The Morgan fingerprint density at radius 1 is 1.22 bits per heavy atom. The minimum absolute atomic E-state index is 0.0831. The highest BCUT2D eigenvalue weighted by Gasteiger charge is 2.42. The third-order valence-corrected chi connectivity index (χ3v) is 4.52. The molecule has 0 radical (unpaired) electrons. The van der Waals surface area contributed by atoms with E-state index in [0.29, 0.717) is 18.3 Å². The molecule has 5 nitrogen and oxygen atoms in total. The molecule has 2 aliphatic rings. The second-order valence-corrected chi connectivity index (χ2v) is 5.80. The van der Waals surface area contributed by atoms with Gasteiger partial charge in [-0.15, -0.1) is 0 Å². The lowest BCUT2D eigenvalue weighted by Crippen LogP contribution is -2.32. The molecule has 1 aromatic heterocycles. The molecule has 1 saturated carbocycles. The van der Waals surface area contributed by atoms with Gasteiger partial charge < -0.3 is 15.0 Å². The molecule has 3 rings (SSSR count). The molecule has 1 unspecified atom stereocenters. The predicted molar refractivity (Wildman–Crippen MR) is 66.0 cm³/mol. The first-order valence-electron chi connectivity index (χ1n) is 6.87. The third-order valence-electron chi connectivity index (χ3n) is 4.52. The molecule has 1 aliphatic heterocycles. The SMILES string of the molecule is CC1(c2noc(C3(CN)CCCC3)n2)CCCO1. The minimum Gasteiger partial charge on any atom is -0.367 e. The van der Waals surface area contributed by atoms with Gasteiger partial charge in [0, 0.05) is 13.2 Å². The molecule has 18 heavy (non-hydrogen) atoms. The van der Waals surface area contributed by atoms with Crippen LogP contribution < -0.4 is 5.73 Å².